The normalized spacial score (nSPS) is 10.5. The maximum atomic E-state index is 5.63. The number of anilines is 2. The van der Waals surface area contributed by atoms with Crippen molar-refractivity contribution in [1.29, 1.82) is 0 Å². The van der Waals surface area contributed by atoms with E-state index in [1.54, 1.807) is 11.3 Å². The predicted molar refractivity (Wildman–Crippen MR) is 50.6 cm³/mol. The summed E-state index contributed by atoms with van der Waals surface area (Å²) in [5, 5.41) is 3.20. The lowest BCUT2D eigenvalue weighted by Crippen LogP contribution is -1.92. The summed E-state index contributed by atoms with van der Waals surface area (Å²) >= 11 is 1.67. The van der Waals surface area contributed by atoms with Crippen molar-refractivity contribution in [1.82, 2.24) is 0 Å². The molecule has 0 spiro atoms. The summed E-state index contributed by atoms with van der Waals surface area (Å²) in [5.41, 5.74) is 12.6. The van der Waals surface area contributed by atoms with E-state index in [1.165, 1.54) is 10.1 Å². The topological polar surface area (TPSA) is 52.0 Å². The van der Waals surface area contributed by atoms with Crippen molar-refractivity contribution >= 4 is 32.8 Å². The van der Waals surface area contributed by atoms with Crippen LogP contribution >= 0.6 is 11.3 Å². The van der Waals surface area contributed by atoms with Crippen molar-refractivity contribution in [3.05, 3.63) is 23.6 Å². The molecule has 0 fully saturated rings. The van der Waals surface area contributed by atoms with Gasteiger partial charge in [-0.05, 0) is 29.0 Å². The van der Waals surface area contributed by atoms with Crippen LogP contribution in [0.1, 0.15) is 0 Å². The molecule has 0 aliphatic carbocycles. The lowest BCUT2D eigenvalue weighted by atomic mass is 10.2. The summed E-state index contributed by atoms with van der Waals surface area (Å²) in [5.74, 6) is 0. The molecule has 1 aromatic heterocycles. The minimum Gasteiger partial charge on any atom is -0.397 e. The van der Waals surface area contributed by atoms with E-state index in [-0.39, 0.29) is 0 Å². The fourth-order valence-corrected chi connectivity index (χ4v) is 1.86. The molecule has 3 heteroatoms. The molecule has 0 bridgehead atoms. The van der Waals surface area contributed by atoms with Gasteiger partial charge in [0, 0.05) is 4.70 Å². The third-order valence-corrected chi connectivity index (χ3v) is 2.54. The van der Waals surface area contributed by atoms with Gasteiger partial charge in [0.15, 0.2) is 0 Å². The van der Waals surface area contributed by atoms with E-state index < -0.39 is 0 Å². The zero-order valence-electron chi connectivity index (χ0n) is 5.87. The van der Waals surface area contributed by atoms with Crippen LogP contribution in [-0.2, 0) is 0 Å². The average molecular weight is 164 g/mol. The van der Waals surface area contributed by atoms with Gasteiger partial charge in [-0.3, -0.25) is 0 Å². The third kappa shape index (κ3) is 0.935. The number of thiophene rings is 1. The molecule has 0 aliphatic rings. The monoisotopic (exact) mass is 164 g/mol. The zero-order valence-corrected chi connectivity index (χ0v) is 6.69. The van der Waals surface area contributed by atoms with Gasteiger partial charge >= 0.3 is 0 Å². The van der Waals surface area contributed by atoms with Gasteiger partial charge in [0.1, 0.15) is 0 Å². The van der Waals surface area contributed by atoms with Crippen molar-refractivity contribution in [2.45, 2.75) is 0 Å². The zero-order chi connectivity index (χ0) is 7.84. The molecule has 2 aromatic rings. The quantitative estimate of drug-likeness (QED) is 0.585. The van der Waals surface area contributed by atoms with Gasteiger partial charge in [0.05, 0.1) is 11.4 Å². The van der Waals surface area contributed by atoms with E-state index in [0.29, 0.717) is 11.4 Å². The van der Waals surface area contributed by atoms with Gasteiger partial charge in [-0.25, -0.2) is 0 Å². The Kier molecular flexibility index (Phi) is 1.26. The molecule has 1 heterocycles. The molecule has 56 valence electrons. The number of fused-ring (bicyclic) bond motifs is 1. The molecule has 1 aromatic carbocycles. The van der Waals surface area contributed by atoms with Crippen LogP contribution in [0.5, 0.6) is 0 Å². The van der Waals surface area contributed by atoms with Crippen LogP contribution in [0.15, 0.2) is 23.6 Å². The Bertz CT molecular complexity index is 356. The van der Waals surface area contributed by atoms with E-state index in [9.17, 15) is 0 Å². The smallest absolute Gasteiger partial charge is 0.0562 e. The van der Waals surface area contributed by atoms with Crippen LogP contribution in [0.2, 0.25) is 0 Å². The van der Waals surface area contributed by atoms with Gasteiger partial charge in [0.25, 0.3) is 0 Å². The molecular formula is C8H8N2S. The Morgan fingerprint density at radius 3 is 2.64 bits per heavy atom. The van der Waals surface area contributed by atoms with E-state index >= 15 is 0 Å². The number of benzene rings is 1. The molecule has 0 radical (unpaired) electrons. The van der Waals surface area contributed by atoms with Gasteiger partial charge in [-0.15, -0.1) is 11.3 Å². The molecule has 0 amide bonds. The SMILES string of the molecule is Nc1cc2ccsc2cc1N. The van der Waals surface area contributed by atoms with E-state index in [0.717, 1.165) is 0 Å². The summed E-state index contributed by atoms with van der Waals surface area (Å²) in [7, 11) is 0. The van der Waals surface area contributed by atoms with Crippen LogP contribution in [0.25, 0.3) is 10.1 Å². The summed E-state index contributed by atoms with van der Waals surface area (Å²) in [6.45, 7) is 0. The number of nitrogens with two attached hydrogens (primary N) is 2. The van der Waals surface area contributed by atoms with E-state index in [1.807, 2.05) is 23.6 Å². The van der Waals surface area contributed by atoms with Crippen molar-refractivity contribution in [3.8, 4) is 0 Å². The fraction of sp³-hybridized carbons (Fsp3) is 0. The Hall–Kier alpha value is -1.22. The highest BCUT2D eigenvalue weighted by Gasteiger charge is 1.98. The maximum absolute atomic E-state index is 5.63. The molecule has 0 saturated heterocycles. The Labute approximate surface area is 68.4 Å². The Morgan fingerprint density at radius 2 is 1.82 bits per heavy atom. The molecular weight excluding hydrogens is 156 g/mol. The lowest BCUT2D eigenvalue weighted by Gasteiger charge is -1.98. The summed E-state index contributed by atoms with van der Waals surface area (Å²) in [6, 6.07) is 5.85. The highest BCUT2D eigenvalue weighted by molar-refractivity contribution is 7.17. The molecule has 2 rings (SSSR count). The number of rotatable bonds is 0. The molecule has 0 atom stereocenters. The summed E-state index contributed by atoms with van der Waals surface area (Å²) < 4.78 is 1.19. The van der Waals surface area contributed by atoms with Crippen LogP contribution in [0.3, 0.4) is 0 Å². The number of hydrogen-bond donors (Lipinski definition) is 2. The van der Waals surface area contributed by atoms with Gasteiger partial charge in [-0.1, -0.05) is 0 Å². The highest BCUT2D eigenvalue weighted by Crippen LogP contribution is 2.27. The molecule has 2 nitrogen and oxygen atoms in total. The molecule has 0 aliphatic heterocycles. The molecule has 11 heavy (non-hydrogen) atoms. The average Bonchev–Trinajstić information content (AvgIpc) is 2.36. The number of nitrogen functional groups attached to an aromatic ring is 2. The largest absolute Gasteiger partial charge is 0.397 e. The van der Waals surface area contributed by atoms with E-state index in [4.69, 9.17) is 11.5 Å². The van der Waals surface area contributed by atoms with Gasteiger partial charge < -0.3 is 11.5 Å². The van der Waals surface area contributed by atoms with Crippen LogP contribution in [0.4, 0.5) is 11.4 Å². The summed E-state index contributed by atoms with van der Waals surface area (Å²) in [6.07, 6.45) is 0. The Morgan fingerprint density at radius 1 is 1.09 bits per heavy atom. The van der Waals surface area contributed by atoms with Crippen molar-refractivity contribution in [2.24, 2.45) is 0 Å². The van der Waals surface area contributed by atoms with Crippen LogP contribution in [-0.4, -0.2) is 0 Å². The van der Waals surface area contributed by atoms with Crippen LogP contribution in [0, 0.1) is 0 Å². The summed E-state index contributed by atoms with van der Waals surface area (Å²) in [4.78, 5) is 0. The first kappa shape index (κ1) is 6.49. The lowest BCUT2D eigenvalue weighted by molar-refractivity contribution is 1.75. The van der Waals surface area contributed by atoms with Crippen molar-refractivity contribution in [2.75, 3.05) is 11.5 Å². The van der Waals surface area contributed by atoms with Crippen molar-refractivity contribution < 1.29 is 0 Å². The molecule has 0 saturated carbocycles. The maximum Gasteiger partial charge on any atom is 0.0562 e. The third-order valence-electron chi connectivity index (χ3n) is 1.66. The standard InChI is InChI=1S/C8H8N2S/c9-6-3-5-1-2-11-8(5)4-7(6)10/h1-4H,9-10H2. The van der Waals surface area contributed by atoms with Gasteiger partial charge in [0.2, 0.25) is 0 Å². The first-order valence-corrected chi connectivity index (χ1v) is 4.17. The Balaban J connectivity index is 2.86. The highest BCUT2D eigenvalue weighted by atomic mass is 32.1. The minimum absolute atomic E-state index is 0.663. The van der Waals surface area contributed by atoms with Crippen molar-refractivity contribution in [3.63, 3.8) is 0 Å². The predicted octanol–water partition coefficient (Wildman–Crippen LogP) is 2.07. The first-order chi connectivity index (χ1) is 5.27. The minimum atomic E-state index is 0.663. The first-order valence-electron chi connectivity index (χ1n) is 3.29. The molecule has 0 unspecified atom stereocenters. The van der Waals surface area contributed by atoms with E-state index in [2.05, 4.69) is 0 Å². The van der Waals surface area contributed by atoms with Gasteiger partial charge in [-0.2, -0.15) is 0 Å². The second kappa shape index (κ2) is 2.13. The number of hydrogen-bond acceptors (Lipinski definition) is 3. The van der Waals surface area contributed by atoms with Crippen LogP contribution < -0.4 is 11.5 Å². The second-order valence-electron chi connectivity index (χ2n) is 2.44. The fourth-order valence-electron chi connectivity index (χ4n) is 1.04. The molecule has 4 N–H and O–H groups in total. The second-order valence-corrected chi connectivity index (χ2v) is 3.39.